The van der Waals surface area contributed by atoms with E-state index in [9.17, 15) is 0 Å². The molecule has 4 heteroatoms. The highest BCUT2D eigenvalue weighted by atomic mass is 79.9. The number of hydrazine groups is 1. The lowest BCUT2D eigenvalue weighted by molar-refractivity contribution is 0.582. The van der Waals surface area contributed by atoms with Gasteiger partial charge in [0.2, 0.25) is 0 Å². The third-order valence-electron chi connectivity index (χ3n) is 2.13. The van der Waals surface area contributed by atoms with Crippen molar-refractivity contribution in [2.24, 2.45) is 0 Å². The molecule has 3 unspecified atom stereocenters. The minimum Gasteiger partial charge on any atom is -0.248 e. The molecule has 1 fully saturated rings. The maximum atomic E-state index is 3.63. The fourth-order valence-corrected chi connectivity index (χ4v) is 2.43. The zero-order chi connectivity index (χ0) is 9.26. The van der Waals surface area contributed by atoms with E-state index in [2.05, 4.69) is 67.0 Å². The SMILES string of the molecule is BrC1NNC(c2ccccc2)C1Br. The van der Waals surface area contributed by atoms with Crippen molar-refractivity contribution in [3.05, 3.63) is 35.9 Å². The van der Waals surface area contributed by atoms with Crippen LogP contribution in [-0.4, -0.2) is 9.78 Å². The first-order valence-electron chi connectivity index (χ1n) is 4.13. The summed E-state index contributed by atoms with van der Waals surface area (Å²) in [6.07, 6.45) is 0. The average Bonchev–Trinajstić information content (AvgIpc) is 2.49. The Morgan fingerprint density at radius 2 is 1.69 bits per heavy atom. The summed E-state index contributed by atoms with van der Waals surface area (Å²) in [6.45, 7) is 0. The van der Waals surface area contributed by atoms with Crippen molar-refractivity contribution in [2.75, 3.05) is 0 Å². The van der Waals surface area contributed by atoms with Crippen molar-refractivity contribution in [3.8, 4) is 0 Å². The Labute approximate surface area is 94.3 Å². The lowest BCUT2D eigenvalue weighted by Gasteiger charge is -2.13. The van der Waals surface area contributed by atoms with E-state index in [-0.39, 0.29) is 4.95 Å². The Hall–Kier alpha value is 0.100. The van der Waals surface area contributed by atoms with Crippen molar-refractivity contribution in [1.29, 1.82) is 0 Å². The summed E-state index contributed by atoms with van der Waals surface area (Å²) in [5.41, 5.74) is 7.66. The smallest absolute Gasteiger partial charge is 0.0906 e. The Bertz CT molecular complexity index is 278. The van der Waals surface area contributed by atoms with Crippen LogP contribution in [0, 0.1) is 0 Å². The molecule has 2 nitrogen and oxygen atoms in total. The highest BCUT2D eigenvalue weighted by Crippen LogP contribution is 2.30. The predicted molar refractivity (Wildman–Crippen MR) is 60.9 cm³/mol. The summed E-state index contributed by atoms with van der Waals surface area (Å²) in [5.74, 6) is 0. The second kappa shape index (κ2) is 4.09. The van der Waals surface area contributed by atoms with E-state index >= 15 is 0 Å². The van der Waals surface area contributed by atoms with E-state index in [1.54, 1.807) is 0 Å². The molecular weight excluding hydrogens is 296 g/mol. The number of alkyl halides is 2. The predicted octanol–water partition coefficient (Wildman–Crippen LogP) is 2.32. The van der Waals surface area contributed by atoms with Gasteiger partial charge in [-0.3, -0.25) is 0 Å². The van der Waals surface area contributed by atoms with E-state index in [1.807, 2.05) is 6.07 Å². The zero-order valence-electron chi connectivity index (χ0n) is 6.87. The second-order valence-corrected chi connectivity index (χ2v) is 5.07. The molecule has 0 aliphatic carbocycles. The first kappa shape index (κ1) is 9.65. The van der Waals surface area contributed by atoms with E-state index in [4.69, 9.17) is 0 Å². The van der Waals surface area contributed by atoms with Gasteiger partial charge < -0.3 is 0 Å². The van der Waals surface area contributed by atoms with Crippen LogP contribution < -0.4 is 10.9 Å². The molecule has 0 saturated carbocycles. The summed E-state index contributed by atoms with van der Waals surface area (Å²) < 4.78 is 0. The number of hydrogen-bond donors (Lipinski definition) is 2. The van der Waals surface area contributed by atoms with Crippen LogP contribution >= 0.6 is 31.9 Å². The Morgan fingerprint density at radius 3 is 2.23 bits per heavy atom. The number of hydrogen-bond acceptors (Lipinski definition) is 2. The molecule has 13 heavy (non-hydrogen) atoms. The van der Waals surface area contributed by atoms with E-state index in [0.717, 1.165) is 0 Å². The molecule has 0 radical (unpaired) electrons. The second-order valence-electron chi connectivity index (χ2n) is 3.02. The summed E-state index contributed by atoms with van der Waals surface area (Å²) >= 11 is 7.16. The molecule has 2 rings (SSSR count). The molecule has 0 amide bonds. The Kier molecular flexibility index (Phi) is 3.03. The Morgan fingerprint density at radius 1 is 1.00 bits per heavy atom. The van der Waals surface area contributed by atoms with Crippen LogP contribution in [0.25, 0.3) is 0 Å². The molecule has 2 N–H and O–H groups in total. The van der Waals surface area contributed by atoms with Crippen LogP contribution in [0.1, 0.15) is 11.6 Å². The number of benzene rings is 1. The molecule has 0 spiro atoms. The third kappa shape index (κ3) is 1.96. The van der Waals surface area contributed by atoms with Gasteiger partial charge in [-0.05, 0) is 5.56 Å². The molecule has 0 aromatic heterocycles. The quantitative estimate of drug-likeness (QED) is 0.615. The summed E-state index contributed by atoms with van der Waals surface area (Å²) in [4.78, 5) is 0.646. The van der Waals surface area contributed by atoms with Crippen molar-refractivity contribution in [1.82, 2.24) is 10.9 Å². The third-order valence-corrected chi connectivity index (χ3v) is 4.70. The number of nitrogens with one attached hydrogen (secondary N) is 2. The normalized spacial score (nSPS) is 33.5. The summed E-state index contributed by atoms with van der Waals surface area (Å²) in [6, 6.07) is 10.7. The van der Waals surface area contributed by atoms with Gasteiger partial charge in [0.1, 0.15) is 0 Å². The maximum absolute atomic E-state index is 3.63. The van der Waals surface area contributed by atoms with Gasteiger partial charge >= 0.3 is 0 Å². The van der Waals surface area contributed by atoms with Crippen molar-refractivity contribution in [3.63, 3.8) is 0 Å². The fourth-order valence-electron chi connectivity index (χ4n) is 1.43. The minimum absolute atomic E-state index is 0.276. The molecular formula is C9H10Br2N2. The van der Waals surface area contributed by atoms with Crippen LogP contribution in [0.4, 0.5) is 0 Å². The largest absolute Gasteiger partial charge is 0.248 e. The highest BCUT2D eigenvalue weighted by Gasteiger charge is 2.32. The van der Waals surface area contributed by atoms with Gasteiger partial charge in [0.25, 0.3) is 0 Å². The van der Waals surface area contributed by atoms with Gasteiger partial charge in [0.05, 0.1) is 15.8 Å². The number of rotatable bonds is 1. The molecule has 70 valence electrons. The van der Waals surface area contributed by atoms with Gasteiger partial charge in [-0.15, -0.1) is 0 Å². The lowest BCUT2D eigenvalue weighted by Crippen LogP contribution is -2.27. The molecule has 1 aliphatic rings. The molecule has 0 bridgehead atoms. The molecule has 1 aliphatic heterocycles. The molecule has 3 atom stereocenters. The van der Waals surface area contributed by atoms with Crippen LogP contribution in [0.3, 0.4) is 0 Å². The molecule has 1 aromatic carbocycles. The van der Waals surface area contributed by atoms with Crippen molar-refractivity contribution in [2.45, 2.75) is 15.8 Å². The van der Waals surface area contributed by atoms with Gasteiger partial charge in [0, 0.05) is 0 Å². The standard InChI is InChI=1S/C9H10Br2N2/c10-7-8(12-13-9(7)11)6-4-2-1-3-5-6/h1-5,7-9,12-13H. The van der Waals surface area contributed by atoms with Crippen LogP contribution in [-0.2, 0) is 0 Å². The van der Waals surface area contributed by atoms with E-state index < -0.39 is 0 Å². The first-order valence-corrected chi connectivity index (χ1v) is 5.96. The lowest BCUT2D eigenvalue weighted by atomic mass is 10.1. The monoisotopic (exact) mass is 304 g/mol. The Balaban J connectivity index is 2.19. The maximum Gasteiger partial charge on any atom is 0.0906 e. The topological polar surface area (TPSA) is 24.1 Å². The average molecular weight is 306 g/mol. The van der Waals surface area contributed by atoms with Crippen LogP contribution in [0.5, 0.6) is 0 Å². The number of halogens is 2. The van der Waals surface area contributed by atoms with Crippen LogP contribution in [0.2, 0.25) is 0 Å². The van der Waals surface area contributed by atoms with E-state index in [1.165, 1.54) is 5.56 Å². The summed E-state index contributed by atoms with van der Waals surface area (Å²) in [7, 11) is 0. The summed E-state index contributed by atoms with van der Waals surface area (Å²) in [5, 5.41) is 0. The zero-order valence-corrected chi connectivity index (χ0v) is 10.0. The van der Waals surface area contributed by atoms with Crippen molar-refractivity contribution >= 4 is 31.9 Å². The molecule has 1 aromatic rings. The first-order chi connectivity index (χ1) is 6.29. The molecule has 1 saturated heterocycles. The van der Waals surface area contributed by atoms with Gasteiger partial charge in [-0.1, -0.05) is 62.2 Å². The fraction of sp³-hybridized carbons (Fsp3) is 0.333. The highest BCUT2D eigenvalue weighted by molar-refractivity contribution is 9.12. The molecule has 1 heterocycles. The van der Waals surface area contributed by atoms with Gasteiger partial charge in [0.15, 0.2) is 0 Å². The van der Waals surface area contributed by atoms with Crippen LogP contribution in [0.15, 0.2) is 30.3 Å². The van der Waals surface area contributed by atoms with Crippen molar-refractivity contribution < 1.29 is 0 Å². The van der Waals surface area contributed by atoms with Gasteiger partial charge in [-0.2, -0.15) is 0 Å². The minimum atomic E-state index is 0.276. The van der Waals surface area contributed by atoms with Gasteiger partial charge in [-0.25, -0.2) is 10.9 Å². The van der Waals surface area contributed by atoms with E-state index in [0.29, 0.717) is 10.9 Å².